The van der Waals surface area contributed by atoms with Crippen LogP contribution in [0, 0.1) is 6.92 Å². The van der Waals surface area contributed by atoms with Crippen molar-refractivity contribution in [3.8, 4) is 0 Å². The third-order valence-corrected chi connectivity index (χ3v) is 5.69. The van der Waals surface area contributed by atoms with Crippen LogP contribution in [0.1, 0.15) is 40.7 Å². The zero-order valence-electron chi connectivity index (χ0n) is 16.0. The predicted octanol–water partition coefficient (Wildman–Crippen LogP) is 4.04. The highest BCUT2D eigenvalue weighted by molar-refractivity contribution is 6.05. The second kappa shape index (κ2) is 6.82. The lowest BCUT2D eigenvalue weighted by Gasteiger charge is -2.36. The van der Waals surface area contributed by atoms with Gasteiger partial charge in [-0.2, -0.15) is 0 Å². The fourth-order valence-corrected chi connectivity index (χ4v) is 4.35. The molecule has 5 nitrogen and oxygen atoms in total. The van der Waals surface area contributed by atoms with Gasteiger partial charge in [0.2, 0.25) is 0 Å². The molecule has 0 saturated carbocycles. The quantitative estimate of drug-likeness (QED) is 0.820. The van der Waals surface area contributed by atoms with Gasteiger partial charge in [-0.15, -0.1) is 0 Å². The molecule has 0 radical (unpaired) electrons. The zero-order chi connectivity index (χ0) is 19.1. The number of nitrogens with zero attached hydrogens (tertiary/aromatic N) is 2. The fourth-order valence-electron chi connectivity index (χ4n) is 4.35. The Morgan fingerprint density at radius 1 is 1.15 bits per heavy atom. The van der Waals surface area contributed by atoms with Crippen LogP contribution in [0.25, 0.3) is 0 Å². The van der Waals surface area contributed by atoms with Gasteiger partial charge in [-0.1, -0.05) is 29.8 Å². The van der Waals surface area contributed by atoms with E-state index in [-0.39, 0.29) is 17.9 Å². The lowest BCUT2D eigenvalue weighted by atomic mass is 9.89. The van der Waals surface area contributed by atoms with E-state index in [4.69, 9.17) is 0 Å². The Balaban J connectivity index is 1.65. The van der Waals surface area contributed by atoms with E-state index in [1.165, 1.54) is 18.1 Å². The molecule has 1 fully saturated rings. The summed E-state index contributed by atoms with van der Waals surface area (Å²) in [6, 6.07) is 13.5. The van der Waals surface area contributed by atoms with Crippen molar-refractivity contribution < 1.29 is 9.59 Å². The number of carbonyl (C=O) groups excluding carboxylic acids is 2. The monoisotopic (exact) mass is 363 g/mol. The summed E-state index contributed by atoms with van der Waals surface area (Å²) in [5.41, 5.74) is 4.74. The van der Waals surface area contributed by atoms with E-state index in [9.17, 15) is 9.59 Å². The van der Waals surface area contributed by atoms with Crippen molar-refractivity contribution in [3.05, 3.63) is 59.2 Å². The number of ketones is 1. The molecule has 2 aliphatic rings. The van der Waals surface area contributed by atoms with Crippen molar-refractivity contribution in [3.63, 3.8) is 0 Å². The highest BCUT2D eigenvalue weighted by Gasteiger charge is 2.43. The molecule has 27 heavy (non-hydrogen) atoms. The molecule has 0 bridgehead atoms. The number of amides is 2. The number of piperidine rings is 1. The Labute approximate surface area is 160 Å². The number of likely N-dealkylation sites (N-methyl/N-ethyl adjacent to an activating group) is 1. The number of aryl methyl sites for hydroxylation is 1. The van der Waals surface area contributed by atoms with Crippen molar-refractivity contribution in [1.29, 1.82) is 0 Å². The average Bonchev–Trinajstić information content (AvgIpc) is 2.95. The predicted molar refractivity (Wildman–Crippen MR) is 108 cm³/mol. The van der Waals surface area contributed by atoms with Crippen molar-refractivity contribution in [2.75, 3.05) is 30.4 Å². The minimum absolute atomic E-state index is 0.0107. The van der Waals surface area contributed by atoms with Crippen LogP contribution in [0.5, 0.6) is 0 Å². The standard InChI is InChI=1S/C22H25N3O2/c1-14-7-8-20-18(11-14)19-13-24(3)10-9-21(19)25(20)22(27)23-17-6-4-5-16(12-17)15(2)26/h4-8,11-12,19,21H,9-10,13H2,1-3H3,(H,23,27). The van der Waals surface area contributed by atoms with E-state index in [0.29, 0.717) is 17.2 Å². The number of fused-ring (bicyclic) bond motifs is 3. The van der Waals surface area contributed by atoms with Crippen LogP contribution < -0.4 is 10.2 Å². The molecule has 1 N–H and O–H groups in total. The van der Waals surface area contributed by atoms with Crippen LogP contribution in [0.2, 0.25) is 0 Å². The number of hydrogen-bond acceptors (Lipinski definition) is 3. The smallest absolute Gasteiger partial charge is 0.308 e. The van der Waals surface area contributed by atoms with Crippen LogP contribution in [0.15, 0.2) is 42.5 Å². The third kappa shape index (κ3) is 3.23. The van der Waals surface area contributed by atoms with E-state index >= 15 is 0 Å². The zero-order valence-corrected chi connectivity index (χ0v) is 16.0. The topological polar surface area (TPSA) is 52.7 Å². The van der Waals surface area contributed by atoms with Gasteiger partial charge >= 0.3 is 6.03 Å². The SMILES string of the molecule is CC(=O)c1cccc(NC(=O)N2c3ccc(C)cc3C3CN(C)CCC32)c1. The number of rotatable bonds is 2. The van der Waals surface area contributed by atoms with E-state index in [1.807, 2.05) is 11.0 Å². The Hall–Kier alpha value is -2.66. The Morgan fingerprint density at radius 2 is 1.96 bits per heavy atom. The minimum atomic E-state index is -0.127. The van der Waals surface area contributed by atoms with Gasteiger partial charge in [0.05, 0.1) is 0 Å². The number of hydrogen-bond donors (Lipinski definition) is 1. The van der Waals surface area contributed by atoms with Crippen LogP contribution in [-0.4, -0.2) is 42.9 Å². The second-order valence-corrected chi connectivity index (χ2v) is 7.72. The first-order chi connectivity index (χ1) is 12.9. The summed E-state index contributed by atoms with van der Waals surface area (Å²) >= 11 is 0. The van der Waals surface area contributed by atoms with Crippen LogP contribution in [0.3, 0.4) is 0 Å². The normalized spacial score (nSPS) is 21.5. The second-order valence-electron chi connectivity index (χ2n) is 7.72. The molecule has 0 spiro atoms. The third-order valence-electron chi connectivity index (χ3n) is 5.69. The molecule has 0 aliphatic carbocycles. The molecule has 0 aromatic heterocycles. The molecule has 2 amide bonds. The van der Waals surface area contributed by atoms with Gasteiger partial charge in [0.25, 0.3) is 0 Å². The molecular weight excluding hydrogens is 338 g/mol. The molecule has 2 heterocycles. The van der Waals surface area contributed by atoms with Crippen LogP contribution in [-0.2, 0) is 0 Å². The minimum Gasteiger partial charge on any atom is -0.308 e. The van der Waals surface area contributed by atoms with Gasteiger partial charge in [-0.25, -0.2) is 4.79 Å². The summed E-state index contributed by atoms with van der Waals surface area (Å²) in [5, 5.41) is 3.00. The Kier molecular flexibility index (Phi) is 4.48. The van der Waals surface area contributed by atoms with Gasteiger partial charge in [-0.05, 0) is 57.6 Å². The summed E-state index contributed by atoms with van der Waals surface area (Å²) in [4.78, 5) is 29.1. The summed E-state index contributed by atoms with van der Waals surface area (Å²) in [6.07, 6.45) is 0.954. The molecule has 5 heteroatoms. The lowest BCUT2D eigenvalue weighted by Crippen LogP contribution is -2.48. The number of benzene rings is 2. The van der Waals surface area contributed by atoms with Crippen molar-refractivity contribution in [1.82, 2.24) is 4.90 Å². The van der Waals surface area contributed by atoms with Gasteiger partial charge in [0.15, 0.2) is 5.78 Å². The van der Waals surface area contributed by atoms with Crippen molar-refractivity contribution in [2.24, 2.45) is 0 Å². The van der Waals surface area contributed by atoms with Crippen LogP contribution in [0.4, 0.5) is 16.2 Å². The van der Waals surface area contributed by atoms with Gasteiger partial charge in [0.1, 0.15) is 0 Å². The van der Waals surface area contributed by atoms with Gasteiger partial charge < -0.3 is 10.2 Å². The summed E-state index contributed by atoms with van der Waals surface area (Å²) in [7, 11) is 2.14. The Morgan fingerprint density at radius 3 is 2.74 bits per heavy atom. The molecule has 2 aliphatic heterocycles. The number of anilines is 2. The Bertz CT molecular complexity index is 908. The van der Waals surface area contributed by atoms with Crippen LogP contribution >= 0.6 is 0 Å². The highest BCUT2D eigenvalue weighted by Crippen LogP contribution is 2.45. The average molecular weight is 363 g/mol. The maximum absolute atomic E-state index is 13.2. The largest absolute Gasteiger partial charge is 0.326 e. The molecule has 1 saturated heterocycles. The molecule has 2 aromatic carbocycles. The fraction of sp³-hybridized carbons (Fsp3) is 0.364. The summed E-state index contributed by atoms with van der Waals surface area (Å²) in [6.45, 7) is 5.57. The molecule has 2 unspecified atom stereocenters. The lowest BCUT2D eigenvalue weighted by molar-refractivity contribution is 0.101. The van der Waals surface area contributed by atoms with Gasteiger partial charge in [0, 0.05) is 35.4 Å². The number of carbonyl (C=O) groups is 2. The van der Waals surface area contributed by atoms with E-state index < -0.39 is 0 Å². The van der Waals surface area contributed by atoms with E-state index in [0.717, 1.165) is 25.2 Å². The first-order valence-electron chi connectivity index (χ1n) is 9.44. The molecule has 140 valence electrons. The molecule has 4 rings (SSSR count). The summed E-state index contributed by atoms with van der Waals surface area (Å²) < 4.78 is 0. The van der Waals surface area contributed by atoms with Crippen molar-refractivity contribution >= 4 is 23.2 Å². The maximum Gasteiger partial charge on any atom is 0.326 e. The maximum atomic E-state index is 13.2. The molecule has 2 aromatic rings. The van der Waals surface area contributed by atoms with E-state index in [2.05, 4.69) is 42.4 Å². The number of likely N-dealkylation sites (tertiary alicyclic amines) is 1. The highest BCUT2D eigenvalue weighted by atomic mass is 16.2. The molecule has 2 atom stereocenters. The first kappa shape index (κ1) is 17.7. The van der Waals surface area contributed by atoms with Gasteiger partial charge in [-0.3, -0.25) is 9.69 Å². The van der Waals surface area contributed by atoms with Crippen molar-refractivity contribution in [2.45, 2.75) is 32.2 Å². The van der Waals surface area contributed by atoms with E-state index in [1.54, 1.807) is 18.2 Å². The number of urea groups is 1. The number of Topliss-reactive ketones (excluding diaryl/α,β-unsaturated/α-hetero) is 1. The first-order valence-corrected chi connectivity index (χ1v) is 9.44. The number of nitrogens with one attached hydrogen (secondary N) is 1. The molecular formula is C22H25N3O2. The summed E-state index contributed by atoms with van der Waals surface area (Å²) in [5.74, 6) is 0.330.